The number of thiazole rings is 1. The van der Waals surface area contributed by atoms with Gasteiger partial charge in [-0.1, -0.05) is 104 Å². The van der Waals surface area contributed by atoms with Gasteiger partial charge >= 0.3 is 0 Å². The minimum atomic E-state index is -0.813. The third kappa shape index (κ3) is 4.01. The van der Waals surface area contributed by atoms with Crippen molar-refractivity contribution in [3.63, 3.8) is 0 Å². The van der Waals surface area contributed by atoms with Crippen LogP contribution >= 0.6 is 22.9 Å². The monoisotopic (exact) mass is 422 g/mol. The molecule has 0 fully saturated rings. The number of halogens is 1. The first kappa shape index (κ1) is 19.9. The lowest BCUT2D eigenvalue weighted by atomic mass is 9.70. The van der Waals surface area contributed by atoms with E-state index in [2.05, 4.69) is 48.4 Å². The maximum Gasteiger partial charge on any atom is 0.185 e. The molecule has 0 spiro atoms. The van der Waals surface area contributed by atoms with Crippen LogP contribution in [0.4, 0.5) is 5.13 Å². The van der Waals surface area contributed by atoms with E-state index in [1.807, 2.05) is 54.6 Å². The Kier molecular flexibility index (Phi) is 5.59. The Morgan fingerprint density at radius 2 is 1.48 bits per heavy atom. The Hall–Kier alpha value is -2.40. The second-order valence-corrected chi connectivity index (χ2v) is 9.17. The molecule has 0 aliphatic heterocycles. The smallest absolute Gasteiger partial charge is 0.185 e. The Morgan fingerprint density at radius 1 is 0.897 bits per heavy atom. The van der Waals surface area contributed by atoms with Gasteiger partial charge in [-0.2, -0.15) is 0 Å². The number of hydrogen-bond donors (Lipinski definition) is 2. The Labute approximate surface area is 180 Å². The molecule has 4 aromatic rings. The molecule has 1 atom stereocenters. The van der Waals surface area contributed by atoms with E-state index in [9.17, 15) is 5.11 Å². The van der Waals surface area contributed by atoms with Crippen molar-refractivity contribution in [2.75, 3.05) is 5.32 Å². The van der Waals surface area contributed by atoms with Gasteiger partial charge in [0.1, 0.15) is 11.7 Å². The highest BCUT2D eigenvalue weighted by Gasteiger charge is 2.39. The Balaban J connectivity index is 1.68. The minimum Gasteiger partial charge on any atom is -0.373 e. The molecule has 0 amide bonds. The zero-order valence-corrected chi connectivity index (χ0v) is 17.9. The highest BCUT2D eigenvalue weighted by molar-refractivity contribution is 7.22. The average molecular weight is 423 g/mol. The molecule has 0 saturated carbocycles. The van der Waals surface area contributed by atoms with E-state index in [0.717, 1.165) is 21.3 Å². The summed E-state index contributed by atoms with van der Waals surface area (Å²) in [6.45, 7) is 4.16. The molecule has 0 bridgehead atoms. The second kappa shape index (κ2) is 8.15. The molecule has 148 valence electrons. The van der Waals surface area contributed by atoms with Crippen molar-refractivity contribution in [1.82, 2.24) is 4.98 Å². The summed E-state index contributed by atoms with van der Waals surface area (Å²) in [4.78, 5) is 4.59. The SMILES string of the molecule is CC(C)(C(O)Nc1nc2c(Cl)cccc2s1)C(c1ccccc1)c1ccccc1. The fraction of sp³-hybridized carbons (Fsp3) is 0.208. The standard InChI is InChI=1S/C24H23ClN2OS/c1-24(2,20(16-10-5-3-6-11-16)17-12-7-4-8-13-17)22(28)27-23-26-21-18(25)14-9-15-19(21)29-23/h3-15,20,22,28H,1-2H3,(H,26,27). The van der Waals surface area contributed by atoms with Crippen LogP contribution in [0.3, 0.4) is 0 Å². The van der Waals surface area contributed by atoms with Crippen LogP contribution in [0.1, 0.15) is 30.9 Å². The molecular formula is C24H23ClN2OS. The number of aliphatic hydroxyl groups excluding tert-OH is 1. The molecule has 0 aliphatic rings. The molecule has 0 radical (unpaired) electrons. The molecule has 2 N–H and O–H groups in total. The first-order valence-electron chi connectivity index (χ1n) is 9.56. The number of aromatic nitrogens is 1. The minimum absolute atomic E-state index is 0.00497. The number of para-hydroxylation sites is 1. The van der Waals surface area contributed by atoms with Crippen molar-refractivity contribution < 1.29 is 5.11 Å². The molecule has 1 heterocycles. The molecule has 0 aliphatic carbocycles. The van der Waals surface area contributed by atoms with Crippen LogP contribution in [0, 0.1) is 5.41 Å². The zero-order valence-electron chi connectivity index (χ0n) is 16.3. The highest BCUT2D eigenvalue weighted by Crippen LogP contribution is 2.44. The molecule has 0 saturated heterocycles. The van der Waals surface area contributed by atoms with Gasteiger partial charge in [0.05, 0.1) is 9.72 Å². The summed E-state index contributed by atoms with van der Waals surface area (Å²) >= 11 is 7.75. The molecule has 29 heavy (non-hydrogen) atoms. The fourth-order valence-electron chi connectivity index (χ4n) is 3.78. The summed E-state index contributed by atoms with van der Waals surface area (Å²) in [7, 11) is 0. The van der Waals surface area contributed by atoms with Gasteiger partial charge < -0.3 is 10.4 Å². The number of nitrogens with one attached hydrogen (secondary N) is 1. The van der Waals surface area contributed by atoms with Crippen molar-refractivity contribution in [3.8, 4) is 0 Å². The average Bonchev–Trinajstić information content (AvgIpc) is 3.13. The van der Waals surface area contributed by atoms with Crippen LogP contribution < -0.4 is 5.32 Å². The van der Waals surface area contributed by atoms with Gasteiger partial charge in [-0.15, -0.1) is 0 Å². The lowest BCUT2D eigenvalue weighted by molar-refractivity contribution is 0.0613. The van der Waals surface area contributed by atoms with Crippen LogP contribution in [0.5, 0.6) is 0 Å². The molecule has 4 rings (SSSR count). The molecule has 5 heteroatoms. The van der Waals surface area contributed by atoms with E-state index in [1.54, 1.807) is 0 Å². The van der Waals surface area contributed by atoms with Gasteiger partial charge in [-0.25, -0.2) is 4.98 Å². The van der Waals surface area contributed by atoms with Gasteiger partial charge in [0.15, 0.2) is 5.13 Å². The van der Waals surface area contributed by atoms with Gasteiger partial charge in [-0.05, 0) is 23.3 Å². The molecule has 1 unspecified atom stereocenters. The highest BCUT2D eigenvalue weighted by atomic mass is 35.5. The van der Waals surface area contributed by atoms with Crippen LogP contribution in [-0.4, -0.2) is 16.3 Å². The zero-order chi connectivity index (χ0) is 20.4. The van der Waals surface area contributed by atoms with Crippen LogP contribution in [0.2, 0.25) is 5.02 Å². The lowest BCUT2D eigenvalue weighted by Crippen LogP contribution is -2.41. The molecule has 1 aromatic heterocycles. The van der Waals surface area contributed by atoms with Gasteiger partial charge in [0.2, 0.25) is 0 Å². The quantitative estimate of drug-likeness (QED) is 0.347. The van der Waals surface area contributed by atoms with E-state index < -0.39 is 11.6 Å². The third-order valence-electron chi connectivity index (χ3n) is 5.34. The van der Waals surface area contributed by atoms with Crippen molar-refractivity contribution in [2.24, 2.45) is 5.41 Å². The van der Waals surface area contributed by atoms with Crippen molar-refractivity contribution >= 4 is 38.3 Å². The largest absolute Gasteiger partial charge is 0.373 e. The molecular weight excluding hydrogens is 400 g/mol. The number of aliphatic hydroxyl groups is 1. The number of hydrogen-bond acceptors (Lipinski definition) is 4. The van der Waals surface area contributed by atoms with E-state index in [-0.39, 0.29) is 5.92 Å². The fourth-order valence-corrected chi connectivity index (χ4v) is 4.97. The summed E-state index contributed by atoms with van der Waals surface area (Å²) in [5.41, 5.74) is 2.58. The number of fused-ring (bicyclic) bond motifs is 1. The third-order valence-corrected chi connectivity index (χ3v) is 6.60. The first-order valence-corrected chi connectivity index (χ1v) is 10.8. The van der Waals surface area contributed by atoms with E-state index >= 15 is 0 Å². The van der Waals surface area contributed by atoms with Crippen molar-refractivity contribution in [1.29, 1.82) is 0 Å². The van der Waals surface area contributed by atoms with Crippen molar-refractivity contribution in [2.45, 2.75) is 26.0 Å². The van der Waals surface area contributed by atoms with E-state index in [0.29, 0.717) is 10.2 Å². The van der Waals surface area contributed by atoms with Crippen molar-refractivity contribution in [3.05, 3.63) is 95.0 Å². The predicted molar refractivity (Wildman–Crippen MR) is 123 cm³/mol. The maximum absolute atomic E-state index is 11.2. The Morgan fingerprint density at radius 3 is 2.03 bits per heavy atom. The normalized spacial score (nSPS) is 13.0. The van der Waals surface area contributed by atoms with E-state index in [4.69, 9.17) is 11.6 Å². The number of rotatable bonds is 6. The number of nitrogens with zero attached hydrogens (tertiary/aromatic N) is 1. The molecule has 3 nitrogen and oxygen atoms in total. The van der Waals surface area contributed by atoms with Gasteiger partial charge in [0, 0.05) is 11.3 Å². The van der Waals surface area contributed by atoms with Crippen LogP contribution in [0.15, 0.2) is 78.9 Å². The predicted octanol–water partition coefficient (Wildman–Crippen LogP) is 6.54. The van der Waals surface area contributed by atoms with E-state index in [1.165, 1.54) is 11.3 Å². The first-order chi connectivity index (χ1) is 14.0. The lowest BCUT2D eigenvalue weighted by Gasteiger charge is -2.39. The summed E-state index contributed by atoms with van der Waals surface area (Å²) in [5.74, 6) is 0.00497. The topological polar surface area (TPSA) is 45.1 Å². The summed E-state index contributed by atoms with van der Waals surface area (Å²) < 4.78 is 0.993. The number of benzene rings is 3. The van der Waals surface area contributed by atoms with Gasteiger partial charge in [-0.3, -0.25) is 0 Å². The van der Waals surface area contributed by atoms with Crippen LogP contribution in [0.25, 0.3) is 10.2 Å². The summed E-state index contributed by atoms with van der Waals surface area (Å²) in [5, 5.41) is 15.7. The number of anilines is 1. The Bertz CT molecular complexity index is 1060. The van der Waals surface area contributed by atoms with Gasteiger partial charge in [0.25, 0.3) is 0 Å². The second-order valence-electron chi connectivity index (χ2n) is 7.73. The maximum atomic E-state index is 11.2. The van der Waals surface area contributed by atoms with Crippen LogP contribution in [-0.2, 0) is 0 Å². The summed E-state index contributed by atoms with van der Waals surface area (Å²) in [6, 6.07) is 26.4. The molecule has 3 aromatic carbocycles. The summed E-state index contributed by atoms with van der Waals surface area (Å²) in [6.07, 6.45) is -0.813.